The zero-order chi connectivity index (χ0) is 16.4. The van der Waals surface area contributed by atoms with Crippen LogP contribution in [-0.4, -0.2) is 52.8 Å². The number of hydrogen-bond acceptors (Lipinski definition) is 4. The average Bonchev–Trinajstić information content (AvgIpc) is 3.22. The van der Waals surface area contributed by atoms with Crippen molar-refractivity contribution in [2.75, 3.05) is 32.1 Å². The van der Waals surface area contributed by atoms with E-state index in [0.29, 0.717) is 0 Å². The molecule has 1 aromatic heterocycles. The van der Waals surface area contributed by atoms with E-state index in [4.69, 9.17) is 0 Å². The molecule has 0 saturated carbocycles. The highest BCUT2D eigenvalue weighted by molar-refractivity contribution is 5.94. The molecule has 23 heavy (non-hydrogen) atoms. The highest BCUT2D eigenvalue weighted by atomic mass is 16.2. The molecule has 0 N–H and O–H groups in total. The van der Waals surface area contributed by atoms with Crippen molar-refractivity contribution in [3.05, 3.63) is 42.0 Å². The van der Waals surface area contributed by atoms with Crippen LogP contribution in [0.5, 0.6) is 0 Å². The number of carbonyl (C=O) groups is 1. The maximum Gasteiger partial charge on any atom is 0.253 e. The van der Waals surface area contributed by atoms with Crippen molar-refractivity contribution in [3.8, 4) is 0 Å². The SMILES string of the molecule is CCc1nncn1C1CCN(C(=O)c2ccc(N(C)C)cc2)C1. The fraction of sp³-hybridized carbons (Fsp3) is 0.471. The molecule has 1 aliphatic rings. The lowest BCUT2D eigenvalue weighted by Gasteiger charge is -2.18. The summed E-state index contributed by atoms with van der Waals surface area (Å²) in [5.41, 5.74) is 1.84. The minimum atomic E-state index is 0.101. The average molecular weight is 313 g/mol. The molecule has 0 spiro atoms. The Bertz CT molecular complexity index is 677. The minimum Gasteiger partial charge on any atom is -0.378 e. The van der Waals surface area contributed by atoms with Crippen molar-refractivity contribution in [3.63, 3.8) is 0 Å². The largest absolute Gasteiger partial charge is 0.378 e. The Balaban J connectivity index is 1.70. The molecule has 1 aliphatic heterocycles. The number of nitrogens with zero attached hydrogens (tertiary/aromatic N) is 5. The Hall–Kier alpha value is -2.37. The quantitative estimate of drug-likeness (QED) is 0.866. The lowest BCUT2D eigenvalue weighted by atomic mass is 10.2. The van der Waals surface area contributed by atoms with Crippen molar-refractivity contribution >= 4 is 11.6 Å². The second-order valence-corrected chi connectivity index (χ2v) is 6.14. The van der Waals surface area contributed by atoms with Gasteiger partial charge in [0, 0.05) is 44.9 Å². The molecular weight excluding hydrogens is 290 g/mol. The number of aromatic nitrogens is 3. The monoisotopic (exact) mass is 313 g/mol. The van der Waals surface area contributed by atoms with Crippen LogP contribution in [0.15, 0.2) is 30.6 Å². The number of anilines is 1. The fourth-order valence-corrected chi connectivity index (χ4v) is 3.06. The van der Waals surface area contributed by atoms with Crippen molar-refractivity contribution in [1.29, 1.82) is 0 Å². The van der Waals surface area contributed by atoms with Gasteiger partial charge in [-0.3, -0.25) is 4.79 Å². The third-order valence-electron chi connectivity index (χ3n) is 4.44. The summed E-state index contributed by atoms with van der Waals surface area (Å²) in [6.07, 6.45) is 3.59. The number of rotatable bonds is 4. The summed E-state index contributed by atoms with van der Waals surface area (Å²) in [7, 11) is 3.98. The van der Waals surface area contributed by atoms with Crippen molar-refractivity contribution in [2.24, 2.45) is 0 Å². The van der Waals surface area contributed by atoms with Crippen LogP contribution in [0.1, 0.15) is 35.6 Å². The van der Waals surface area contributed by atoms with Crippen LogP contribution < -0.4 is 4.90 Å². The van der Waals surface area contributed by atoms with Gasteiger partial charge in [-0.05, 0) is 30.7 Å². The van der Waals surface area contributed by atoms with E-state index in [-0.39, 0.29) is 11.9 Å². The summed E-state index contributed by atoms with van der Waals surface area (Å²) in [6, 6.07) is 8.05. The smallest absolute Gasteiger partial charge is 0.253 e. The van der Waals surface area contributed by atoms with Gasteiger partial charge in [-0.15, -0.1) is 10.2 Å². The molecule has 1 atom stereocenters. The maximum atomic E-state index is 12.7. The minimum absolute atomic E-state index is 0.101. The van der Waals surface area contributed by atoms with Crippen LogP contribution in [0.3, 0.4) is 0 Å². The Kier molecular flexibility index (Phi) is 4.32. The molecule has 0 bridgehead atoms. The molecule has 1 fully saturated rings. The Morgan fingerprint density at radius 2 is 2.04 bits per heavy atom. The van der Waals surface area contributed by atoms with E-state index in [2.05, 4.69) is 21.7 Å². The van der Waals surface area contributed by atoms with E-state index in [1.165, 1.54) is 0 Å². The van der Waals surface area contributed by atoms with E-state index < -0.39 is 0 Å². The Morgan fingerprint density at radius 1 is 1.30 bits per heavy atom. The second-order valence-electron chi connectivity index (χ2n) is 6.14. The van der Waals surface area contributed by atoms with Gasteiger partial charge in [0.25, 0.3) is 5.91 Å². The normalized spacial score (nSPS) is 17.5. The first-order valence-corrected chi connectivity index (χ1v) is 8.05. The third kappa shape index (κ3) is 3.06. The molecule has 2 heterocycles. The van der Waals surface area contributed by atoms with Gasteiger partial charge in [-0.2, -0.15) is 0 Å². The van der Waals surface area contributed by atoms with Crippen LogP contribution >= 0.6 is 0 Å². The number of amides is 1. The highest BCUT2D eigenvalue weighted by Crippen LogP contribution is 2.24. The first-order chi connectivity index (χ1) is 11.1. The van der Waals surface area contributed by atoms with Gasteiger partial charge in [0.15, 0.2) is 0 Å². The molecule has 2 aromatic rings. The molecule has 0 radical (unpaired) electrons. The van der Waals surface area contributed by atoms with Gasteiger partial charge in [-0.25, -0.2) is 0 Å². The van der Waals surface area contributed by atoms with E-state index in [1.54, 1.807) is 6.33 Å². The first kappa shape index (κ1) is 15.5. The molecule has 6 nitrogen and oxygen atoms in total. The van der Waals surface area contributed by atoms with Gasteiger partial charge in [0.05, 0.1) is 6.04 Å². The summed E-state index contributed by atoms with van der Waals surface area (Å²) in [5, 5.41) is 8.14. The van der Waals surface area contributed by atoms with Gasteiger partial charge < -0.3 is 14.4 Å². The van der Waals surface area contributed by atoms with Gasteiger partial charge >= 0.3 is 0 Å². The molecule has 1 aromatic carbocycles. The topological polar surface area (TPSA) is 54.3 Å². The lowest BCUT2D eigenvalue weighted by molar-refractivity contribution is 0.0787. The van der Waals surface area contributed by atoms with E-state index in [9.17, 15) is 4.79 Å². The van der Waals surface area contributed by atoms with Crippen molar-refractivity contribution in [2.45, 2.75) is 25.8 Å². The molecule has 6 heteroatoms. The Morgan fingerprint density at radius 3 is 2.70 bits per heavy atom. The van der Waals surface area contributed by atoms with Crippen molar-refractivity contribution < 1.29 is 4.79 Å². The van der Waals surface area contributed by atoms with E-state index in [0.717, 1.165) is 43.0 Å². The summed E-state index contributed by atoms with van der Waals surface area (Å²) in [4.78, 5) is 16.6. The summed E-state index contributed by atoms with van der Waals surface area (Å²) < 4.78 is 2.11. The first-order valence-electron chi connectivity index (χ1n) is 8.05. The number of benzene rings is 1. The zero-order valence-corrected chi connectivity index (χ0v) is 13.9. The van der Waals surface area contributed by atoms with Crippen LogP contribution in [0.25, 0.3) is 0 Å². The summed E-state index contributed by atoms with van der Waals surface area (Å²) in [6.45, 7) is 3.57. The molecule has 122 valence electrons. The standard InChI is InChI=1S/C17H23N5O/c1-4-16-19-18-12-22(16)15-9-10-21(11-15)17(23)13-5-7-14(8-6-13)20(2)3/h5-8,12,15H,4,9-11H2,1-3H3. The third-order valence-corrected chi connectivity index (χ3v) is 4.44. The molecule has 1 saturated heterocycles. The maximum absolute atomic E-state index is 12.7. The number of carbonyl (C=O) groups excluding carboxylic acids is 1. The summed E-state index contributed by atoms with van der Waals surface area (Å²) >= 11 is 0. The number of hydrogen-bond donors (Lipinski definition) is 0. The predicted molar refractivity (Wildman–Crippen MR) is 89.7 cm³/mol. The molecule has 3 rings (SSSR count). The van der Waals surface area contributed by atoms with E-state index in [1.807, 2.05) is 48.2 Å². The predicted octanol–water partition coefficient (Wildman–Crippen LogP) is 1.99. The van der Waals surface area contributed by atoms with Crippen molar-refractivity contribution in [1.82, 2.24) is 19.7 Å². The number of aryl methyl sites for hydroxylation is 1. The highest BCUT2D eigenvalue weighted by Gasteiger charge is 2.29. The fourth-order valence-electron chi connectivity index (χ4n) is 3.06. The van der Waals surface area contributed by atoms with Crippen LogP contribution in [-0.2, 0) is 6.42 Å². The summed E-state index contributed by atoms with van der Waals surface area (Å²) in [5.74, 6) is 1.09. The zero-order valence-electron chi connectivity index (χ0n) is 13.9. The van der Waals surface area contributed by atoms with Crippen LogP contribution in [0.2, 0.25) is 0 Å². The van der Waals surface area contributed by atoms with Gasteiger partial charge in [0.2, 0.25) is 0 Å². The Labute approximate surface area is 136 Å². The van der Waals surface area contributed by atoms with Crippen LogP contribution in [0.4, 0.5) is 5.69 Å². The lowest BCUT2D eigenvalue weighted by Crippen LogP contribution is -2.29. The van der Waals surface area contributed by atoms with Crippen LogP contribution in [0, 0.1) is 0 Å². The molecular formula is C17H23N5O. The second kappa shape index (κ2) is 6.40. The molecule has 0 aliphatic carbocycles. The number of likely N-dealkylation sites (tertiary alicyclic amines) is 1. The van der Waals surface area contributed by atoms with Gasteiger partial charge in [-0.1, -0.05) is 6.92 Å². The molecule has 1 amide bonds. The van der Waals surface area contributed by atoms with E-state index >= 15 is 0 Å². The molecule has 1 unspecified atom stereocenters. The van der Waals surface area contributed by atoms with Gasteiger partial charge in [0.1, 0.15) is 12.2 Å².